The maximum Gasteiger partial charge on any atom is 0.221 e. The van der Waals surface area contributed by atoms with Gasteiger partial charge in [-0.1, -0.05) is 36.9 Å². The molecule has 2 aromatic carbocycles. The minimum atomic E-state index is -0.112. The van der Waals surface area contributed by atoms with E-state index in [9.17, 15) is 9.59 Å². The molecular formula is C18H18N2O2. The SMILES string of the molecule is C=C(CC(=O)c1ccccc1)Nc1ccc(NC(C)=O)cc1. The maximum atomic E-state index is 12.1. The predicted octanol–water partition coefficient (Wildman–Crippen LogP) is 3.84. The van der Waals surface area contributed by atoms with Crippen molar-refractivity contribution in [2.24, 2.45) is 0 Å². The first-order chi connectivity index (χ1) is 10.5. The van der Waals surface area contributed by atoms with E-state index in [1.165, 1.54) is 6.92 Å². The first-order valence-electron chi connectivity index (χ1n) is 6.95. The topological polar surface area (TPSA) is 58.2 Å². The predicted molar refractivity (Wildman–Crippen MR) is 88.9 cm³/mol. The number of anilines is 2. The van der Waals surface area contributed by atoms with E-state index in [1.54, 1.807) is 24.3 Å². The van der Waals surface area contributed by atoms with E-state index < -0.39 is 0 Å². The standard InChI is InChI=1S/C18H18N2O2/c1-13(12-18(22)15-6-4-3-5-7-15)19-16-8-10-17(11-9-16)20-14(2)21/h3-11,19H,1,12H2,2H3,(H,20,21). The van der Waals surface area contributed by atoms with Crippen LogP contribution in [0.25, 0.3) is 0 Å². The number of nitrogens with one attached hydrogen (secondary N) is 2. The molecule has 0 aliphatic carbocycles. The second-order valence-corrected chi connectivity index (χ2v) is 4.95. The average Bonchev–Trinajstić information content (AvgIpc) is 2.49. The van der Waals surface area contributed by atoms with Crippen LogP contribution in [0.3, 0.4) is 0 Å². The molecule has 0 bridgehead atoms. The Morgan fingerprint density at radius 1 is 0.909 bits per heavy atom. The van der Waals surface area contributed by atoms with E-state index in [0.29, 0.717) is 11.3 Å². The van der Waals surface area contributed by atoms with Crippen LogP contribution in [0.1, 0.15) is 23.7 Å². The molecule has 4 heteroatoms. The van der Waals surface area contributed by atoms with Crippen molar-refractivity contribution in [3.05, 3.63) is 72.4 Å². The summed E-state index contributed by atoms with van der Waals surface area (Å²) in [6.45, 7) is 5.35. The normalized spacial score (nSPS) is 9.86. The Hall–Kier alpha value is -2.88. The van der Waals surface area contributed by atoms with Gasteiger partial charge >= 0.3 is 0 Å². The van der Waals surface area contributed by atoms with Crippen molar-refractivity contribution < 1.29 is 9.59 Å². The van der Waals surface area contributed by atoms with E-state index in [0.717, 1.165) is 11.4 Å². The molecule has 1 amide bonds. The lowest BCUT2D eigenvalue weighted by molar-refractivity contribution is -0.114. The molecule has 0 unspecified atom stereocenters. The summed E-state index contributed by atoms with van der Waals surface area (Å²) in [5, 5.41) is 5.79. The number of allylic oxidation sites excluding steroid dienone is 1. The highest BCUT2D eigenvalue weighted by Gasteiger charge is 2.07. The fourth-order valence-corrected chi connectivity index (χ4v) is 2.01. The summed E-state index contributed by atoms with van der Waals surface area (Å²) in [7, 11) is 0. The third-order valence-corrected chi connectivity index (χ3v) is 3.00. The van der Waals surface area contributed by atoms with E-state index in [-0.39, 0.29) is 18.1 Å². The minimum absolute atomic E-state index is 0.0213. The quantitative estimate of drug-likeness (QED) is 0.796. The van der Waals surface area contributed by atoms with Crippen molar-refractivity contribution in [3.8, 4) is 0 Å². The van der Waals surface area contributed by atoms with Gasteiger partial charge in [0.1, 0.15) is 0 Å². The molecule has 0 aliphatic heterocycles. The van der Waals surface area contributed by atoms with Crippen LogP contribution in [0.2, 0.25) is 0 Å². The van der Waals surface area contributed by atoms with Gasteiger partial charge in [0.2, 0.25) is 5.91 Å². The first kappa shape index (κ1) is 15.5. The second-order valence-electron chi connectivity index (χ2n) is 4.95. The van der Waals surface area contributed by atoms with E-state index in [4.69, 9.17) is 0 Å². The fraction of sp³-hybridized carbons (Fsp3) is 0.111. The van der Waals surface area contributed by atoms with Crippen LogP contribution in [0.4, 0.5) is 11.4 Å². The molecule has 0 saturated carbocycles. The molecule has 0 fully saturated rings. The molecule has 2 rings (SSSR count). The highest BCUT2D eigenvalue weighted by atomic mass is 16.1. The van der Waals surface area contributed by atoms with E-state index in [1.807, 2.05) is 30.3 Å². The molecule has 0 heterocycles. The average molecular weight is 294 g/mol. The highest BCUT2D eigenvalue weighted by molar-refractivity contribution is 5.97. The van der Waals surface area contributed by atoms with Gasteiger partial charge < -0.3 is 10.6 Å². The summed E-state index contributed by atoms with van der Waals surface area (Å²) in [4.78, 5) is 23.0. The Morgan fingerprint density at radius 2 is 1.45 bits per heavy atom. The van der Waals surface area contributed by atoms with Crippen LogP contribution in [0, 0.1) is 0 Å². The summed E-state index contributed by atoms with van der Waals surface area (Å²) in [6.07, 6.45) is 0.234. The van der Waals surface area contributed by atoms with Gasteiger partial charge in [-0.15, -0.1) is 0 Å². The zero-order chi connectivity index (χ0) is 15.9. The zero-order valence-electron chi connectivity index (χ0n) is 12.4. The number of Topliss-reactive ketones (excluding diaryl/α,β-unsaturated/α-hetero) is 1. The molecule has 0 aromatic heterocycles. The molecule has 22 heavy (non-hydrogen) atoms. The van der Waals surface area contributed by atoms with Gasteiger partial charge in [0.15, 0.2) is 5.78 Å². The highest BCUT2D eigenvalue weighted by Crippen LogP contribution is 2.16. The largest absolute Gasteiger partial charge is 0.359 e. The third kappa shape index (κ3) is 4.59. The number of carbonyl (C=O) groups excluding carboxylic acids is 2. The molecule has 0 radical (unpaired) electrons. The number of ketones is 1. The van der Waals surface area contributed by atoms with E-state index in [2.05, 4.69) is 17.2 Å². The smallest absolute Gasteiger partial charge is 0.221 e. The molecule has 2 aromatic rings. The van der Waals surface area contributed by atoms with Gasteiger partial charge in [0, 0.05) is 29.6 Å². The van der Waals surface area contributed by atoms with Crippen LogP contribution < -0.4 is 10.6 Å². The molecule has 0 spiro atoms. The van der Waals surface area contributed by atoms with Crippen molar-refractivity contribution in [1.29, 1.82) is 0 Å². The molecule has 2 N–H and O–H groups in total. The monoisotopic (exact) mass is 294 g/mol. The lowest BCUT2D eigenvalue weighted by atomic mass is 10.1. The van der Waals surface area contributed by atoms with Crippen LogP contribution in [0.15, 0.2) is 66.9 Å². The number of carbonyl (C=O) groups is 2. The number of amides is 1. The lowest BCUT2D eigenvalue weighted by Crippen LogP contribution is -2.07. The fourth-order valence-electron chi connectivity index (χ4n) is 2.01. The summed E-state index contributed by atoms with van der Waals surface area (Å²) in [5.74, 6) is -0.0912. The van der Waals surface area contributed by atoms with E-state index >= 15 is 0 Å². The number of hydrogen-bond acceptors (Lipinski definition) is 3. The van der Waals surface area contributed by atoms with Gasteiger partial charge in [-0.2, -0.15) is 0 Å². The van der Waals surface area contributed by atoms with Gasteiger partial charge in [-0.05, 0) is 24.3 Å². The molecule has 0 saturated heterocycles. The van der Waals surface area contributed by atoms with Gasteiger partial charge in [-0.3, -0.25) is 9.59 Å². The second kappa shape index (κ2) is 7.22. The zero-order valence-corrected chi connectivity index (χ0v) is 12.4. The van der Waals surface area contributed by atoms with Crippen LogP contribution in [-0.2, 0) is 4.79 Å². The van der Waals surface area contributed by atoms with Crippen LogP contribution in [-0.4, -0.2) is 11.7 Å². The summed E-state index contributed by atoms with van der Waals surface area (Å²) in [6, 6.07) is 16.4. The summed E-state index contributed by atoms with van der Waals surface area (Å²) >= 11 is 0. The lowest BCUT2D eigenvalue weighted by Gasteiger charge is -2.10. The molecule has 4 nitrogen and oxygen atoms in total. The Balaban J connectivity index is 1.92. The Morgan fingerprint density at radius 3 is 2.00 bits per heavy atom. The van der Waals surface area contributed by atoms with Crippen molar-refractivity contribution in [3.63, 3.8) is 0 Å². The van der Waals surface area contributed by atoms with Crippen molar-refractivity contribution in [1.82, 2.24) is 0 Å². The first-order valence-corrected chi connectivity index (χ1v) is 6.95. The molecule has 0 atom stereocenters. The van der Waals surface area contributed by atoms with Crippen molar-refractivity contribution in [2.45, 2.75) is 13.3 Å². The Bertz CT molecular complexity index is 676. The van der Waals surface area contributed by atoms with Crippen LogP contribution >= 0.6 is 0 Å². The molecular weight excluding hydrogens is 276 g/mol. The van der Waals surface area contributed by atoms with Gasteiger partial charge in [-0.25, -0.2) is 0 Å². The van der Waals surface area contributed by atoms with Crippen molar-refractivity contribution in [2.75, 3.05) is 10.6 Å². The molecule has 0 aliphatic rings. The summed E-state index contributed by atoms with van der Waals surface area (Å²) < 4.78 is 0. The van der Waals surface area contributed by atoms with Gasteiger partial charge in [0.05, 0.1) is 6.42 Å². The Kier molecular flexibility index (Phi) is 5.09. The third-order valence-electron chi connectivity index (χ3n) is 3.00. The van der Waals surface area contributed by atoms with Crippen LogP contribution in [0.5, 0.6) is 0 Å². The number of benzene rings is 2. The number of hydrogen-bond donors (Lipinski definition) is 2. The number of rotatable bonds is 6. The van der Waals surface area contributed by atoms with Crippen molar-refractivity contribution >= 4 is 23.1 Å². The maximum absolute atomic E-state index is 12.1. The van der Waals surface area contributed by atoms with Gasteiger partial charge in [0.25, 0.3) is 0 Å². The molecule has 112 valence electrons. The summed E-state index contributed by atoms with van der Waals surface area (Å²) in [5.41, 5.74) is 2.84. The minimum Gasteiger partial charge on any atom is -0.359 e. The Labute approximate surface area is 129 Å².